The van der Waals surface area contributed by atoms with E-state index in [0.717, 1.165) is 12.1 Å². The third-order valence-corrected chi connectivity index (χ3v) is 2.10. The van der Waals surface area contributed by atoms with Crippen LogP contribution in [0.2, 0.25) is 0 Å². The molecule has 0 heterocycles. The molecule has 0 amide bonds. The maximum Gasteiger partial charge on any atom is 0.416 e. The van der Waals surface area contributed by atoms with Crippen LogP contribution < -0.4 is 0 Å². The molecule has 1 unspecified atom stereocenters. The standard InChI is InChI=1S/C12H11F3O/c1-3-9-4-5-11(12(13,14)15)7-10(9)6-8(2)16/h1,4-5,7-8,16H,6H2,2H3. The highest BCUT2D eigenvalue weighted by molar-refractivity contribution is 5.43. The van der Waals surface area contributed by atoms with Crippen molar-refractivity contribution in [1.82, 2.24) is 0 Å². The molecule has 86 valence electrons. The van der Waals surface area contributed by atoms with Crippen LogP contribution in [-0.2, 0) is 12.6 Å². The maximum atomic E-state index is 12.4. The molecule has 0 fully saturated rings. The van der Waals surface area contributed by atoms with Crippen LogP contribution in [0.15, 0.2) is 18.2 Å². The van der Waals surface area contributed by atoms with Crippen molar-refractivity contribution in [3.05, 3.63) is 34.9 Å². The summed E-state index contributed by atoms with van der Waals surface area (Å²) in [5.74, 6) is 2.30. The van der Waals surface area contributed by atoms with Crippen molar-refractivity contribution in [2.75, 3.05) is 0 Å². The smallest absolute Gasteiger partial charge is 0.393 e. The van der Waals surface area contributed by atoms with Crippen molar-refractivity contribution in [1.29, 1.82) is 0 Å². The average Bonchev–Trinajstić information content (AvgIpc) is 2.15. The van der Waals surface area contributed by atoms with Crippen molar-refractivity contribution < 1.29 is 18.3 Å². The molecule has 0 aliphatic carbocycles. The number of terminal acetylenes is 1. The monoisotopic (exact) mass is 228 g/mol. The third-order valence-electron chi connectivity index (χ3n) is 2.10. The number of aliphatic hydroxyl groups is 1. The van der Waals surface area contributed by atoms with Crippen LogP contribution in [0.4, 0.5) is 13.2 Å². The van der Waals surface area contributed by atoms with E-state index in [1.165, 1.54) is 13.0 Å². The highest BCUT2D eigenvalue weighted by atomic mass is 19.4. The molecule has 1 aromatic rings. The van der Waals surface area contributed by atoms with Crippen LogP contribution >= 0.6 is 0 Å². The van der Waals surface area contributed by atoms with Crippen LogP contribution in [0.3, 0.4) is 0 Å². The summed E-state index contributed by atoms with van der Waals surface area (Å²) in [5, 5.41) is 9.17. The summed E-state index contributed by atoms with van der Waals surface area (Å²) in [4.78, 5) is 0. The molecule has 0 aliphatic heterocycles. The van der Waals surface area contributed by atoms with E-state index in [1.807, 2.05) is 0 Å². The van der Waals surface area contributed by atoms with E-state index in [1.54, 1.807) is 0 Å². The van der Waals surface area contributed by atoms with Crippen molar-refractivity contribution >= 4 is 0 Å². The van der Waals surface area contributed by atoms with Gasteiger partial charge in [0.2, 0.25) is 0 Å². The Hall–Kier alpha value is -1.47. The summed E-state index contributed by atoms with van der Waals surface area (Å²) in [6.07, 6.45) is 0.173. The number of hydrogen-bond donors (Lipinski definition) is 1. The summed E-state index contributed by atoms with van der Waals surface area (Å²) in [5.41, 5.74) is -0.0247. The van der Waals surface area contributed by atoms with Gasteiger partial charge in [0, 0.05) is 5.56 Å². The van der Waals surface area contributed by atoms with Gasteiger partial charge in [-0.15, -0.1) is 6.42 Å². The summed E-state index contributed by atoms with van der Waals surface area (Å²) < 4.78 is 37.3. The molecule has 0 aromatic heterocycles. The van der Waals surface area contributed by atoms with Crippen LogP contribution in [0, 0.1) is 12.3 Å². The largest absolute Gasteiger partial charge is 0.416 e. The van der Waals surface area contributed by atoms with Gasteiger partial charge in [-0.3, -0.25) is 0 Å². The first kappa shape index (κ1) is 12.6. The lowest BCUT2D eigenvalue weighted by Crippen LogP contribution is -2.10. The molecular formula is C12H11F3O. The van der Waals surface area contributed by atoms with Crippen LogP contribution in [-0.4, -0.2) is 11.2 Å². The van der Waals surface area contributed by atoms with E-state index in [0.29, 0.717) is 11.1 Å². The van der Waals surface area contributed by atoms with Crippen LogP contribution in [0.1, 0.15) is 23.6 Å². The Bertz CT molecular complexity index is 413. The Balaban J connectivity index is 3.18. The number of benzene rings is 1. The van der Waals surface area contributed by atoms with Crippen LogP contribution in [0.5, 0.6) is 0 Å². The zero-order valence-corrected chi connectivity index (χ0v) is 8.67. The minimum absolute atomic E-state index is 0.115. The van der Waals surface area contributed by atoms with Crippen molar-refractivity contribution in [3.63, 3.8) is 0 Å². The predicted molar refractivity (Wildman–Crippen MR) is 54.8 cm³/mol. The van der Waals surface area contributed by atoms with E-state index < -0.39 is 17.8 Å². The molecule has 0 aliphatic rings. The molecule has 1 rings (SSSR count). The highest BCUT2D eigenvalue weighted by Gasteiger charge is 2.30. The summed E-state index contributed by atoms with van der Waals surface area (Å²) in [7, 11) is 0. The quantitative estimate of drug-likeness (QED) is 0.771. The van der Waals surface area contributed by atoms with Crippen LogP contribution in [0.25, 0.3) is 0 Å². The second-order valence-corrected chi connectivity index (χ2v) is 3.57. The number of hydrogen-bond acceptors (Lipinski definition) is 1. The predicted octanol–water partition coefficient (Wildman–Crippen LogP) is 2.61. The van der Waals surface area contributed by atoms with E-state index in [-0.39, 0.29) is 6.42 Å². The number of halogens is 3. The topological polar surface area (TPSA) is 20.2 Å². The van der Waals surface area contributed by atoms with Crippen molar-refractivity contribution in [2.24, 2.45) is 0 Å². The van der Waals surface area contributed by atoms with Gasteiger partial charge in [-0.25, -0.2) is 0 Å². The Morgan fingerprint density at radius 2 is 2.06 bits per heavy atom. The molecule has 4 heteroatoms. The second kappa shape index (κ2) is 4.58. The Kier molecular flexibility index (Phi) is 3.61. The molecule has 0 saturated heterocycles. The fourth-order valence-electron chi connectivity index (χ4n) is 1.40. The minimum atomic E-state index is -4.39. The van der Waals surface area contributed by atoms with Gasteiger partial charge in [0.05, 0.1) is 11.7 Å². The molecule has 1 N–H and O–H groups in total. The Labute approximate surface area is 91.9 Å². The molecule has 0 spiro atoms. The number of alkyl halides is 3. The highest BCUT2D eigenvalue weighted by Crippen LogP contribution is 2.30. The lowest BCUT2D eigenvalue weighted by Gasteiger charge is -2.12. The summed E-state index contributed by atoms with van der Waals surface area (Å²) in [6, 6.07) is 3.18. The molecule has 0 saturated carbocycles. The molecule has 16 heavy (non-hydrogen) atoms. The Morgan fingerprint density at radius 3 is 2.50 bits per heavy atom. The SMILES string of the molecule is C#Cc1ccc(C(F)(F)F)cc1CC(C)O. The Morgan fingerprint density at radius 1 is 1.44 bits per heavy atom. The van der Waals surface area contributed by atoms with E-state index in [4.69, 9.17) is 11.5 Å². The van der Waals surface area contributed by atoms with E-state index in [2.05, 4.69) is 5.92 Å². The average molecular weight is 228 g/mol. The maximum absolute atomic E-state index is 12.4. The van der Waals surface area contributed by atoms with Gasteiger partial charge in [0.1, 0.15) is 0 Å². The molecule has 1 nitrogen and oxygen atoms in total. The lowest BCUT2D eigenvalue weighted by molar-refractivity contribution is -0.137. The van der Waals surface area contributed by atoms with E-state index in [9.17, 15) is 13.2 Å². The van der Waals surface area contributed by atoms with Gasteiger partial charge in [-0.1, -0.05) is 5.92 Å². The normalized spacial score (nSPS) is 13.2. The minimum Gasteiger partial charge on any atom is -0.393 e. The second-order valence-electron chi connectivity index (χ2n) is 3.57. The van der Waals surface area contributed by atoms with Gasteiger partial charge in [-0.05, 0) is 37.1 Å². The van der Waals surface area contributed by atoms with E-state index >= 15 is 0 Å². The van der Waals surface area contributed by atoms with Gasteiger partial charge in [-0.2, -0.15) is 13.2 Å². The fraction of sp³-hybridized carbons (Fsp3) is 0.333. The van der Waals surface area contributed by atoms with Gasteiger partial charge < -0.3 is 5.11 Å². The molecule has 1 atom stereocenters. The van der Waals surface area contributed by atoms with Gasteiger partial charge in [0.25, 0.3) is 0 Å². The fourth-order valence-corrected chi connectivity index (χ4v) is 1.40. The lowest BCUT2D eigenvalue weighted by atomic mass is 9.99. The zero-order valence-electron chi connectivity index (χ0n) is 8.67. The summed E-state index contributed by atoms with van der Waals surface area (Å²) >= 11 is 0. The number of aliphatic hydroxyl groups excluding tert-OH is 1. The number of rotatable bonds is 2. The van der Waals surface area contributed by atoms with Crippen molar-refractivity contribution in [2.45, 2.75) is 25.6 Å². The molecule has 0 radical (unpaired) electrons. The summed E-state index contributed by atoms with van der Waals surface area (Å²) in [6.45, 7) is 1.50. The zero-order chi connectivity index (χ0) is 12.3. The molecular weight excluding hydrogens is 217 g/mol. The molecule has 1 aromatic carbocycles. The first-order chi connectivity index (χ1) is 7.34. The van der Waals surface area contributed by atoms with Gasteiger partial charge in [0.15, 0.2) is 0 Å². The van der Waals surface area contributed by atoms with Crippen molar-refractivity contribution in [3.8, 4) is 12.3 Å². The first-order valence-electron chi connectivity index (χ1n) is 4.69. The first-order valence-corrected chi connectivity index (χ1v) is 4.69. The molecule has 0 bridgehead atoms. The van der Waals surface area contributed by atoms with Gasteiger partial charge >= 0.3 is 6.18 Å². The third kappa shape index (κ3) is 3.01.